The van der Waals surface area contributed by atoms with Gasteiger partial charge in [-0.05, 0) is 24.4 Å². The summed E-state index contributed by atoms with van der Waals surface area (Å²) >= 11 is 0. The van der Waals surface area contributed by atoms with Gasteiger partial charge in [0, 0.05) is 44.7 Å². The molecule has 1 saturated heterocycles. The number of aryl methyl sites for hydroxylation is 2. The van der Waals surface area contributed by atoms with E-state index in [4.69, 9.17) is 0 Å². The smallest absolute Gasteiger partial charge is 0.253 e. The van der Waals surface area contributed by atoms with Crippen molar-refractivity contribution in [2.24, 2.45) is 0 Å². The summed E-state index contributed by atoms with van der Waals surface area (Å²) < 4.78 is 1.68. The zero-order chi connectivity index (χ0) is 17.1. The fourth-order valence-corrected chi connectivity index (χ4v) is 3.14. The highest BCUT2D eigenvalue weighted by atomic mass is 16.2. The molecule has 6 heteroatoms. The van der Waals surface area contributed by atoms with Gasteiger partial charge in [0.2, 0.25) is 12.3 Å². The van der Waals surface area contributed by atoms with Crippen LogP contribution in [0.1, 0.15) is 12.0 Å². The average Bonchev–Trinajstić information content (AvgIpc) is 2.62. The lowest BCUT2D eigenvalue weighted by molar-refractivity contribution is -0.135. The molecular weight excluding hydrogens is 306 g/mol. The minimum Gasteiger partial charge on any atom is -0.342 e. The maximum Gasteiger partial charge on any atom is 0.253 e. The van der Waals surface area contributed by atoms with Crippen LogP contribution in [0.5, 0.6) is 0 Å². The van der Waals surface area contributed by atoms with Crippen LogP contribution >= 0.6 is 0 Å². The zero-order valence-electron chi connectivity index (χ0n) is 13.8. The molecule has 0 atom stereocenters. The van der Waals surface area contributed by atoms with Crippen molar-refractivity contribution in [2.45, 2.75) is 19.9 Å². The molecule has 2 amide bonds. The lowest BCUT2D eigenvalue weighted by atomic mass is 10.1. The molecule has 24 heavy (non-hydrogen) atoms. The Morgan fingerprint density at radius 1 is 1.17 bits per heavy atom. The Morgan fingerprint density at radius 3 is 2.58 bits per heavy atom. The Balaban J connectivity index is 1.74. The summed E-state index contributed by atoms with van der Waals surface area (Å²) in [7, 11) is 0. The van der Waals surface area contributed by atoms with Crippen molar-refractivity contribution < 1.29 is 9.59 Å². The Kier molecular flexibility index (Phi) is 4.64. The maximum absolute atomic E-state index is 12.4. The molecule has 0 radical (unpaired) electrons. The SMILES string of the molecule is Cc1cc2ccccc2n(CCC(=O)N2CCN(C=O)CC2)c1=O. The van der Waals surface area contributed by atoms with E-state index in [1.807, 2.05) is 30.3 Å². The fourth-order valence-electron chi connectivity index (χ4n) is 3.14. The summed E-state index contributed by atoms with van der Waals surface area (Å²) in [4.78, 5) is 39.0. The second kappa shape index (κ2) is 6.86. The van der Waals surface area contributed by atoms with Crippen LogP contribution in [0.3, 0.4) is 0 Å². The number of amides is 2. The highest BCUT2D eigenvalue weighted by molar-refractivity contribution is 5.80. The highest BCUT2D eigenvalue weighted by Gasteiger charge is 2.20. The molecule has 0 aliphatic carbocycles. The third kappa shape index (κ3) is 3.18. The highest BCUT2D eigenvalue weighted by Crippen LogP contribution is 2.14. The second-order valence-electron chi connectivity index (χ2n) is 6.12. The van der Waals surface area contributed by atoms with Crippen LogP contribution in [0, 0.1) is 6.92 Å². The minimum atomic E-state index is -0.0488. The molecule has 3 rings (SSSR count). The Labute approximate surface area is 140 Å². The maximum atomic E-state index is 12.4. The predicted octanol–water partition coefficient (Wildman–Crippen LogP) is 1.00. The Bertz CT molecular complexity index is 820. The standard InChI is InChI=1S/C18H21N3O3/c1-14-12-15-4-2-3-5-16(15)21(18(14)24)7-6-17(23)20-10-8-19(13-22)9-11-20/h2-5,12-13H,6-11H2,1H3. The van der Waals surface area contributed by atoms with E-state index in [1.54, 1.807) is 21.3 Å². The number of fused-ring (bicyclic) bond motifs is 1. The summed E-state index contributed by atoms with van der Waals surface area (Å²) in [6.07, 6.45) is 1.11. The normalized spacial score (nSPS) is 14.9. The van der Waals surface area contributed by atoms with Gasteiger partial charge in [0.15, 0.2) is 0 Å². The number of para-hydroxylation sites is 1. The van der Waals surface area contributed by atoms with Crippen LogP contribution in [0.25, 0.3) is 10.9 Å². The molecule has 1 aliphatic rings. The van der Waals surface area contributed by atoms with E-state index in [0.717, 1.165) is 17.3 Å². The van der Waals surface area contributed by atoms with Crippen molar-refractivity contribution in [1.82, 2.24) is 14.4 Å². The number of hydrogen-bond acceptors (Lipinski definition) is 3. The van der Waals surface area contributed by atoms with Gasteiger partial charge in [-0.15, -0.1) is 0 Å². The summed E-state index contributed by atoms with van der Waals surface area (Å²) in [6.45, 7) is 4.42. The number of piperazine rings is 1. The summed E-state index contributed by atoms with van der Waals surface area (Å²) in [5.74, 6) is 0.0260. The van der Waals surface area contributed by atoms with Crippen LogP contribution in [-0.4, -0.2) is 52.9 Å². The first kappa shape index (κ1) is 16.2. The molecule has 2 heterocycles. The summed E-state index contributed by atoms with van der Waals surface area (Å²) in [6, 6.07) is 9.60. The van der Waals surface area contributed by atoms with Crippen molar-refractivity contribution in [3.63, 3.8) is 0 Å². The number of benzene rings is 1. The monoisotopic (exact) mass is 327 g/mol. The number of pyridine rings is 1. The van der Waals surface area contributed by atoms with Gasteiger partial charge in [-0.25, -0.2) is 0 Å². The first-order valence-electron chi connectivity index (χ1n) is 8.16. The van der Waals surface area contributed by atoms with Crippen molar-refractivity contribution in [1.29, 1.82) is 0 Å². The quantitative estimate of drug-likeness (QED) is 0.787. The minimum absolute atomic E-state index is 0.0260. The van der Waals surface area contributed by atoms with Crippen LogP contribution < -0.4 is 5.56 Å². The topological polar surface area (TPSA) is 62.6 Å². The number of carbonyl (C=O) groups excluding carboxylic acids is 2. The fraction of sp³-hybridized carbons (Fsp3) is 0.389. The van der Waals surface area contributed by atoms with E-state index in [0.29, 0.717) is 38.3 Å². The van der Waals surface area contributed by atoms with Crippen molar-refractivity contribution >= 4 is 23.2 Å². The van der Waals surface area contributed by atoms with Gasteiger partial charge in [-0.3, -0.25) is 14.4 Å². The molecule has 1 aromatic heterocycles. The Morgan fingerprint density at radius 2 is 1.88 bits per heavy atom. The first-order valence-corrected chi connectivity index (χ1v) is 8.16. The summed E-state index contributed by atoms with van der Waals surface area (Å²) in [5, 5.41) is 1.00. The number of carbonyl (C=O) groups is 2. The van der Waals surface area contributed by atoms with Gasteiger partial charge in [0.1, 0.15) is 0 Å². The third-order valence-electron chi connectivity index (χ3n) is 4.55. The van der Waals surface area contributed by atoms with Gasteiger partial charge in [0.05, 0.1) is 5.52 Å². The largest absolute Gasteiger partial charge is 0.342 e. The molecular formula is C18H21N3O3. The molecule has 6 nitrogen and oxygen atoms in total. The molecule has 126 valence electrons. The lowest BCUT2D eigenvalue weighted by Crippen LogP contribution is -2.48. The van der Waals surface area contributed by atoms with Crippen molar-refractivity contribution in [3.8, 4) is 0 Å². The van der Waals surface area contributed by atoms with Crippen molar-refractivity contribution in [2.75, 3.05) is 26.2 Å². The molecule has 1 aromatic carbocycles. The van der Waals surface area contributed by atoms with Crippen LogP contribution in [0.15, 0.2) is 35.1 Å². The van der Waals surface area contributed by atoms with E-state index in [-0.39, 0.29) is 17.9 Å². The molecule has 2 aromatic rings. The van der Waals surface area contributed by atoms with Gasteiger partial charge in [0.25, 0.3) is 5.56 Å². The molecule has 1 fully saturated rings. The molecule has 0 unspecified atom stereocenters. The molecule has 0 N–H and O–H groups in total. The van der Waals surface area contributed by atoms with E-state index in [9.17, 15) is 14.4 Å². The van der Waals surface area contributed by atoms with E-state index in [2.05, 4.69) is 0 Å². The number of nitrogens with zero attached hydrogens (tertiary/aromatic N) is 3. The summed E-state index contributed by atoms with van der Waals surface area (Å²) in [5.41, 5.74) is 1.49. The van der Waals surface area contributed by atoms with Crippen LogP contribution in [0.2, 0.25) is 0 Å². The van der Waals surface area contributed by atoms with Gasteiger partial charge < -0.3 is 14.4 Å². The second-order valence-corrected chi connectivity index (χ2v) is 6.12. The van der Waals surface area contributed by atoms with Crippen LogP contribution in [-0.2, 0) is 16.1 Å². The van der Waals surface area contributed by atoms with Gasteiger partial charge in [-0.2, -0.15) is 0 Å². The van der Waals surface area contributed by atoms with E-state index < -0.39 is 0 Å². The number of aromatic nitrogens is 1. The molecule has 0 bridgehead atoms. The van der Waals surface area contributed by atoms with Crippen LogP contribution in [0.4, 0.5) is 0 Å². The molecule has 1 aliphatic heterocycles. The predicted molar refractivity (Wildman–Crippen MR) is 91.8 cm³/mol. The first-order chi connectivity index (χ1) is 11.6. The number of rotatable bonds is 4. The van der Waals surface area contributed by atoms with Gasteiger partial charge in [-0.1, -0.05) is 18.2 Å². The number of hydrogen-bond donors (Lipinski definition) is 0. The third-order valence-corrected chi connectivity index (χ3v) is 4.55. The van der Waals surface area contributed by atoms with Crippen molar-refractivity contribution in [3.05, 3.63) is 46.2 Å². The Hall–Kier alpha value is -2.63. The zero-order valence-corrected chi connectivity index (χ0v) is 13.8. The molecule has 0 spiro atoms. The van der Waals surface area contributed by atoms with Gasteiger partial charge >= 0.3 is 0 Å². The molecule has 0 saturated carbocycles. The lowest BCUT2D eigenvalue weighted by Gasteiger charge is -2.32. The van der Waals surface area contributed by atoms with E-state index in [1.165, 1.54) is 0 Å². The average molecular weight is 327 g/mol. The van der Waals surface area contributed by atoms with E-state index >= 15 is 0 Å².